The number of carboxylic acid groups (broad SMARTS) is 1. The fraction of sp³-hybridized carbons (Fsp3) is 0.222. The molecule has 1 atom stereocenters. The number of aliphatic carboxylic acids is 1. The lowest BCUT2D eigenvalue weighted by Gasteiger charge is -2.12. The average molecular weight is 234 g/mol. The Hall–Kier alpha value is -1.33. The van der Waals surface area contributed by atoms with Crippen LogP contribution in [0.15, 0.2) is 12.1 Å². The third-order valence-electron chi connectivity index (χ3n) is 1.87. The lowest BCUT2D eigenvalue weighted by Crippen LogP contribution is -2.21. The van der Waals surface area contributed by atoms with E-state index in [0.717, 1.165) is 6.07 Å². The zero-order chi connectivity index (χ0) is 11.6. The standard InChI is InChI=1S/C9H9ClFNO3/c1-15-7-3-5(10)6(11)2-4(7)8(12)9(13)14/h2-3,8H,12H2,1H3,(H,13,14). The summed E-state index contributed by atoms with van der Waals surface area (Å²) in [7, 11) is 1.32. The number of rotatable bonds is 3. The molecular formula is C9H9ClFNO3. The number of benzene rings is 1. The summed E-state index contributed by atoms with van der Waals surface area (Å²) in [5.41, 5.74) is 5.39. The summed E-state index contributed by atoms with van der Waals surface area (Å²) in [6, 6.07) is 0.807. The van der Waals surface area contributed by atoms with Gasteiger partial charge in [-0.3, -0.25) is 4.79 Å². The van der Waals surface area contributed by atoms with Crippen LogP contribution in [0.5, 0.6) is 5.75 Å². The van der Waals surface area contributed by atoms with Gasteiger partial charge in [0.25, 0.3) is 0 Å². The molecule has 0 aromatic heterocycles. The average Bonchev–Trinajstić information content (AvgIpc) is 2.20. The van der Waals surface area contributed by atoms with Gasteiger partial charge >= 0.3 is 5.97 Å². The molecule has 1 rings (SSSR count). The zero-order valence-corrected chi connectivity index (χ0v) is 8.58. The van der Waals surface area contributed by atoms with E-state index >= 15 is 0 Å². The third kappa shape index (κ3) is 2.37. The fourth-order valence-electron chi connectivity index (χ4n) is 1.10. The molecule has 3 N–H and O–H groups in total. The van der Waals surface area contributed by atoms with Crippen LogP contribution < -0.4 is 10.5 Å². The van der Waals surface area contributed by atoms with E-state index in [4.69, 9.17) is 27.2 Å². The third-order valence-corrected chi connectivity index (χ3v) is 2.16. The van der Waals surface area contributed by atoms with Gasteiger partial charge in [0.15, 0.2) is 0 Å². The van der Waals surface area contributed by atoms with Crippen LogP contribution in [0.2, 0.25) is 5.02 Å². The quantitative estimate of drug-likeness (QED) is 0.831. The maximum absolute atomic E-state index is 13.1. The van der Waals surface area contributed by atoms with Gasteiger partial charge in [0.2, 0.25) is 0 Å². The van der Waals surface area contributed by atoms with Crippen LogP contribution in [0.1, 0.15) is 11.6 Å². The Labute approximate surface area is 90.4 Å². The predicted molar refractivity (Wildman–Crippen MR) is 52.5 cm³/mol. The Morgan fingerprint density at radius 3 is 2.73 bits per heavy atom. The van der Waals surface area contributed by atoms with Gasteiger partial charge in [0, 0.05) is 11.6 Å². The molecule has 0 spiro atoms. The Morgan fingerprint density at radius 1 is 1.67 bits per heavy atom. The van der Waals surface area contributed by atoms with Gasteiger partial charge in [-0.15, -0.1) is 0 Å². The first-order valence-electron chi connectivity index (χ1n) is 3.98. The number of carbonyl (C=O) groups is 1. The first kappa shape index (κ1) is 11.7. The predicted octanol–water partition coefficient (Wildman–Crippen LogP) is 1.57. The molecular weight excluding hydrogens is 225 g/mol. The van der Waals surface area contributed by atoms with Crippen molar-refractivity contribution in [2.45, 2.75) is 6.04 Å². The molecule has 0 aliphatic heterocycles. The molecule has 15 heavy (non-hydrogen) atoms. The van der Waals surface area contributed by atoms with Crippen LogP contribution in [0.25, 0.3) is 0 Å². The van der Waals surface area contributed by atoms with Crippen LogP contribution in [0.3, 0.4) is 0 Å². The molecule has 1 aromatic rings. The molecule has 0 aliphatic rings. The molecule has 0 bridgehead atoms. The Balaban J connectivity index is 3.27. The topological polar surface area (TPSA) is 72.5 Å². The van der Waals surface area contributed by atoms with Gasteiger partial charge in [-0.25, -0.2) is 4.39 Å². The molecule has 0 saturated heterocycles. The highest BCUT2D eigenvalue weighted by atomic mass is 35.5. The second kappa shape index (κ2) is 4.46. The molecule has 0 aliphatic carbocycles. The molecule has 82 valence electrons. The number of ether oxygens (including phenoxy) is 1. The Bertz CT molecular complexity index is 397. The molecule has 1 aromatic carbocycles. The number of methoxy groups -OCH3 is 1. The monoisotopic (exact) mass is 233 g/mol. The SMILES string of the molecule is COc1cc(Cl)c(F)cc1C(N)C(=O)O. The molecule has 0 fully saturated rings. The summed E-state index contributed by atoms with van der Waals surface area (Å²) in [5, 5.41) is 8.53. The Morgan fingerprint density at radius 2 is 2.27 bits per heavy atom. The molecule has 1 unspecified atom stereocenters. The van der Waals surface area contributed by atoms with Crippen molar-refractivity contribution < 1.29 is 19.0 Å². The van der Waals surface area contributed by atoms with Crippen molar-refractivity contribution in [2.75, 3.05) is 7.11 Å². The van der Waals surface area contributed by atoms with E-state index in [1.807, 2.05) is 0 Å². The minimum absolute atomic E-state index is 0.0481. The van der Waals surface area contributed by atoms with E-state index in [2.05, 4.69) is 0 Å². The van der Waals surface area contributed by atoms with Crippen LogP contribution in [0.4, 0.5) is 4.39 Å². The van der Waals surface area contributed by atoms with Gasteiger partial charge in [0.05, 0.1) is 12.1 Å². The van der Waals surface area contributed by atoms with Crippen molar-refractivity contribution in [1.82, 2.24) is 0 Å². The normalized spacial score (nSPS) is 12.3. The van der Waals surface area contributed by atoms with E-state index < -0.39 is 17.8 Å². The number of nitrogens with two attached hydrogens (primary N) is 1. The van der Waals surface area contributed by atoms with Crippen molar-refractivity contribution in [3.05, 3.63) is 28.5 Å². The van der Waals surface area contributed by atoms with Gasteiger partial charge in [-0.1, -0.05) is 11.6 Å². The first-order chi connectivity index (χ1) is 6.97. The van der Waals surface area contributed by atoms with Gasteiger partial charge < -0.3 is 15.6 Å². The summed E-state index contributed by atoms with van der Waals surface area (Å²) >= 11 is 5.51. The molecule has 0 amide bonds. The minimum Gasteiger partial charge on any atom is -0.496 e. The highest BCUT2D eigenvalue weighted by Crippen LogP contribution is 2.29. The fourth-order valence-corrected chi connectivity index (χ4v) is 1.25. The largest absolute Gasteiger partial charge is 0.496 e. The van der Waals surface area contributed by atoms with Crippen molar-refractivity contribution in [2.24, 2.45) is 5.73 Å². The van der Waals surface area contributed by atoms with Crippen LogP contribution in [0, 0.1) is 5.82 Å². The lowest BCUT2D eigenvalue weighted by atomic mass is 10.1. The lowest BCUT2D eigenvalue weighted by molar-refractivity contribution is -0.138. The van der Waals surface area contributed by atoms with E-state index in [-0.39, 0.29) is 16.3 Å². The van der Waals surface area contributed by atoms with E-state index in [0.29, 0.717) is 0 Å². The van der Waals surface area contributed by atoms with Gasteiger partial charge in [-0.2, -0.15) is 0 Å². The summed E-state index contributed by atoms with van der Waals surface area (Å²) < 4.78 is 17.9. The number of hydrogen-bond donors (Lipinski definition) is 2. The summed E-state index contributed by atoms with van der Waals surface area (Å²) in [6.45, 7) is 0. The van der Waals surface area contributed by atoms with E-state index in [1.54, 1.807) is 0 Å². The van der Waals surface area contributed by atoms with Gasteiger partial charge in [0.1, 0.15) is 17.6 Å². The van der Waals surface area contributed by atoms with Crippen LogP contribution in [-0.4, -0.2) is 18.2 Å². The molecule has 0 saturated carbocycles. The second-order valence-electron chi connectivity index (χ2n) is 2.82. The maximum atomic E-state index is 13.1. The van der Waals surface area contributed by atoms with Crippen molar-refractivity contribution in [1.29, 1.82) is 0 Å². The van der Waals surface area contributed by atoms with Crippen LogP contribution >= 0.6 is 11.6 Å². The number of halogens is 2. The first-order valence-corrected chi connectivity index (χ1v) is 4.36. The summed E-state index contributed by atoms with van der Waals surface area (Å²) in [4.78, 5) is 10.6. The number of carboxylic acids is 1. The van der Waals surface area contributed by atoms with E-state index in [1.165, 1.54) is 13.2 Å². The molecule has 6 heteroatoms. The smallest absolute Gasteiger partial charge is 0.325 e. The molecule has 0 radical (unpaired) electrons. The van der Waals surface area contributed by atoms with Crippen molar-refractivity contribution >= 4 is 17.6 Å². The van der Waals surface area contributed by atoms with Gasteiger partial charge in [-0.05, 0) is 6.07 Å². The van der Waals surface area contributed by atoms with Crippen molar-refractivity contribution in [3.63, 3.8) is 0 Å². The summed E-state index contributed by atoms with van der Waals surface area (Å²) in [6.07, 6.45) is 0. The maximum Gasteiger partial charge on any atom is 0.325 e. The van der Waals surface area contributed by atoms with E-state index in [9.17, 15) is 9.18 Å². The summed E-state index contributed by atoms with van der Waals surface area (Å²) in [5.74, 6) is -1.85. The molecule has 0 heterocycles. The van der Waals surface area contributed by atoms with Crippen molar-refractivity contribution in [3.8, 4) is 5.75 Å². The second-order valence-corrected chi connectivity index (χ2v) is 3.23. The molecule has 4 nitrogen and oxygen atoms in total. The highest BCUT2D eigenvalue weighted by molar-refractivity contribution is 6.30. The minimum atomic E-state index is -1.34. The Kier molecular flexibility index (Phi) is 3.49. The zero-order valence-electron chi connectivity index (χ0n) is 7.83. The highest BCUT2D eigenvalue weighted by Gasteiger charge is 2.20. The van der Waals surface area contributed by atoms with Crippen LogP contribution in [-0.2, 0) is 4.79 Å². The number of hydrogen-bond acceptors (Lipinski definition) is 3.